The molecular weight excluding hydrogens is 399 g/mol. The smallest absolute Gasteiger partial charge is 0.258 e. The molecule has 0 saturated heterocycles. The largest absolute Gasteiger partial charge is 0.467 e. The summed E-state index contributed by atoms with van der Waals surface area (Å²) in [5, 5.41) is 7.88. The van der Waals surface area contributed by atoms with E-state index in [0.29, 0.717) is 23.6 Å². The van der Waals surface area contributed by atoms with Gasteiger partial charge in [0.05, 0.1) is 29.7 Å². The van der Waals surface area contributed by atoms with Gasteiger partial charge < -0.3 is 20.4 Å². The van der Waals surface area contributed by atoms with Gasteiger partial charge in [-0.05, 0) is 25.1 Å². The fraction of sp³-hybridized carbons (Fsp3) is 0.238. The second kappa shape index (κ2) is 7.08. The number of ether oxygens (including phenoxy) is 1. The van der Waals surface area contributed by atoms with E-state index in [0.717, 1.165) is 22.6 Å². The Bertz CT molecular complexity index is 1290. The summed E-state index contributed by atoms with van der Waals surface area (Å²) in [7, 11) is 3.68. The molecule has 158 valence electrons. The van der Waals surface area contributed by atoms with Gasteiger partial charge in [-0.25, -0.2) is 19.3 Å². The average molecular weight is 420 g/mol. The maximum Gasteiger partial charge on any atom is 0.258 e. The summed E-state index contributed by atoms with van der Waals surface area (Å²) in [6.45, 7) is 2.26. The highest BCUT2D eigenvalue weighted by atomic mass is 19.1. The van der Waals surface area contributed by atoms with Gasteiger partial charge in [-0.2, -0.15) is 5.10 Å². The number of imidazole rings is 1. The first-order valence-corrected chi connectivity index (χ1v) is 9.80. The summed E-state index contributed by atoms with van der Waals surface area (Å²) in [5.74, 6) is 1.45. The molecule has 9 nitrogen and oxygen atoms in total. The van der Waals surface area contributed by atoms with Crippen LogP contribution in [0.2, 0.25) is 0 Å². The Labute approximate surface area is 177 Å². The summed E-state index contributed by atoms with van der Waals surface area (Å²) in [5.41, 5.74) is 9.60. The van der Waals surface area contributed by atoms with Gasteiger partial charge in [0, 0.05) is 37.6 Å². The second-order valence-corrected chi connectivity index (χ2v) is 7.36. The van der Waals surface area contributed by atoms with Crippen LogP contribution in [0.5, 0.6) is 5.88 Å². The molecule has 1 aromatic carbocycles. The number of fused-ring (bicyclic) bond motifs is 7. The minimum Gasteiger partial charge on any atom is -0.467 e. The van der Waals surface area contributed by atoms with Crippen molar-refractivity contribution in [3.63, 3.8) is 0 Å². The summed E-state index contributed by atoms with van der Waals surface area (Å²) in [4.78, 5) is 13.5. The van der Waals surface area contributed by atoms with Crippen LogP contribution in [0.25, 0.3) is 22.6 Å². The molecule has 1 atom stereocenters. The molecule has 0 amide bonds. The lowest BCUT2D eigenvalue weighted by molar-refractivity contribution is 0.218. The van der Waals surface area contributed by atoms with E-state index in [4.69, 9.17) is 15.6 Å². The zero-order valence-electron chi connectivity index (χ0n) is 17.3. The van der Waals surface area contributed by atoms with Crippen molar-refractivity contribution < 1.29 is 9.13 Å². The van der Waals surface area contributed by atoms with Crippen molar-refractivity contribution in [3.05, 3.63) is 53.9 Å². The van der Waals surface area contributed by atoms with Crippen LogP contribution in [0.3, 0.4) is 0 Å². The Morgan fingerprint density at radius 1 is 1.29 bits per heavy atom. The van der Waals surface area contributed by atoms with E-state index in [-0.39, 0.29) is 17.5 Å². The standard InChI is InChI=1S/C21H21FN8O/c1-11-14-8-12(22)4-5-13(14)19-25-6-7-30(19)10-16-17(20(24-2)29(3)28-16)15-9-26-18(23)21(27-15)31-11/h4-9,11,24H,10H2,1-3H3,(H2,23,26). The molecule has 0 fully saturated rings. The third-order valence-corrected chi connectivity index (χ3v) is 5.40. The zero-order chi connectivity index (χ0) is 21.7. The molecule has 3 N–H and O–H groups in total. The number of nitrogens with one attached hydrogen (secondary N) is 1. The first-order chi connectivity index (χ1) is 15.0. The second-order valence-electron chi connectivity index (χ2n) is 7.36. The maximum absolute atomic E-state index is 14.2. The highest BCUT2D eigenvalue weighted by Gasteiger charge is 2.25. The van der Waals surface area contributed by atoms with Crippen molar-refractivity contribution in [1.82, 2.24) is 29.3 Å². The number of aryl methyl sites for hydroxylation is 1. The summed E-state index contributed by atoms with van der Waals surface area (Å²) in [6, 6.07) is 4.57. The number of hydrogen-bond donors (Lipinski definition) is 2. The molecule has 0 saturated carbocycles. The Hall–Kier alpha value is -3.95. The first kappa shape index (κ1) is 19.0. The molecule has 31 heavy (non-hydrogen) atoms. The number of anilines is 2. The minimum absolute atomic E-state index is 0.156. The van der Waals surface area contributed by atoms with Crippen LogP contribution >= 0.6 is 0 Å². The maximum atomic E-state index is 14.2. The Kier molecular flexibility index (Phi) is 4.35. The van der Waals surface area contributed by atoms with Gasteiger partial charge in [0.25, 0.3) is 5.88 Å². The van der Waals surface area contributed by atoms with Crippen LogP contribution in [0.4, 0.5) is 16.0 Å². The predicted octanol–water partition coefficient (Wildman–Crippen LogP) is 3.01. The molecule has 0 radical (unpaired) electrons. The van der Waals surface area contributed by atoms with Gasteiger partial charge in [-0.15, -0.1) is 0 Å². The monoisotopic (exact) mass is 420 g/mol. The lowest BCUT2D eigenvalue weighted by atomic mass is 10.0. The zero-order valence-corrected chi connectivity index (χ0v) is 17.3. The molecule has 4 aromatic rings. The van der Waals surface area contributed by atoms with E-state index in [1.165, 1.54) is 12.1 Å². The molecule has 4 heterocycles. The minimum atomic E-state index is -0.542. The Morgan fingerprint density at radius 2 is 2.13 bits per heavy atom. The predicted molar refractivity (Wildman–Crippen MR) is 114 cm³/mol. The van der Waals surface area contributed by atoms with Crippen LogP contribution in [0.15, 0.2) is 36.8 Å². The lowest BCUT2D eigenvalue weighted by Gasteiger charge is -2.20. The molecular formula is C21H21FN8O. The third kappa shape index (κ3) is 3.07. The highest BCUT2D eigenvalue weighted by molar-refractivity contribution is 5.76. The molecule has 1 aliphatic heterocycles. The van der Waals surface area contributed by atoms with Crippen molar-refractivity contribution in [2.24, 2.45) is 7.05 Å². The summed E-state index contributed by atoms with van der Waals surface area (Å²) < 4.78 is 24.0. The van der Waals surface area contributed by atoms with Gasteiger partial charge >= 0.3 is 0 Å². The van der Waals surface area contributed by atoms with E-state index in [1.807, 2.05) is 31.8 Å². The quantitative estimate of drug-likeness (QED) is 0.487. The number of nitrogen functional groups attached to an aromatic ring is 1. The van der Waals surface area contributed by atoms with E-state index < -0.39 is 6.10 Å². The van der Waals surface area contributed by atoms with Gasteiger partial charge in [0.15, 0.2) is 5.82 Å². The first-order valence-electron chi connectivity index (χ1n) is 9.80. The highest BCUT2D eigenvalue weighted by Crippen LogP contribution is 2.37. The molecule has 3 aromatic heterocycles. The van der Waals surface area contributed by atoms with Crippen molar-refractivity contribution in [2.75, 3.05) is 18.1 Å². The van der Waals surface area contributed by atoms with Crippen molar-refractivity contribution >= 4 is 11.6 Å². The molecule has 2 bridgehead atoms. The van der Waals surface area contributed by atoms with Crippen molar-refractivity contribution in [2.45, 2.75) is 19.6 Å². The van der Waals surface area contributed by atoms with Crippen LogP contribution < -0.4 is 15.8 Å². The average Bonchev–Trinajstić information content (AvgIpc) is 3.32. The van der Waals surface area contributed by atoms with Crippen LogP contribution in [-0.4, -0.2) is 36.3 Å². The molecule has 1 aliphatic rings. The number of hydrogen-bond acceptors (Lipinski definition) is 7. The molecule has 10 heteroatoms. The van der Waals surface area contributed by atoms with Gasteiger partial charge in [0.2, 0.25) is 0 Å². The number of rotatable bonds is 1. The molecule has 5 rings (SSSR count). The Morgan fingerprint density at radius 3 is 2.94 bits per heavy atom. The number of nitrogens with zero attached hydrogens (tertiary/aromatic N) is 6. The molecule has 1 unspecified atom stereocenters. The van der Waals surface area contributed by atoms with Crippen molar-refractivity contribution in [1.29, 1.82) is 0 Å². The third-order valence-electron chi connectivity index (χ3n) is 5.40. The Balaban J connectivity index is 1.81. The van der Waals surface area contributed by atoms with E-state index in [9.17, 15) is 4.39 Å². The number of benzene rings is 1. The fourth-order valence-corrected chi connectivity index (χ4v) is 3.98. The van der Waals surface area contributed by atoms with E-state index in [2.05, 4.69) is 20.3 Å². The van der Waals surface area contributed by atoms with E-state index in [1.54, 1.807) is 23.1 Å². The molecule has 0 aliphatic carbocycles. The van der Waals surface area contributed by atoms with Crippen molar-refractivity contribution in [3.8, 4) is 28.5 Å². The van der Waals surface area contributed by atoms with E-state index >= 15 is 0 Å². The topological polar surface area (TPSA) is 109 Å². The van der Waals surface area contributed by atoms with Crippen LogP contribution in [0, 0.1) is 5.82 Å². The number of aromatic nitrogens is 6. The van der Waals surface area contributed by atoms with Gasteiger partial charge in [-0.3, -0.25) is 4.68 Å². The number of halogens is 1. The van der Waals surface area contributed by atoms with Gasteiger partial charge in [-0.1, -0.05) is 0 Å². The lowest BCUT2D eigenvalue weighted by Crippen LogP contribution is -2.12. The van der Waals surface area contributed by atoms with Crippen LogP contribution in [-0.2, 0) is 13.6 Å². The summed E-state index contributed by atoms with van der Waals surface area (Å²) >= 11 is 0. The SMILES string of the molecule is CNc1c2c(nn1C)Cn1ccnc1-c1ccc(F)cc1C(C)Oc1nc-2cnc1N. The fourth-order valence-electron chi connectivity index (χ4n) is 3.98. The molecule has 0 spiro atoms. The van der Waals surface area contributed by atoms with Gasteiger partial charge in [0.1, 0.15) is 23.6 Å². The summed E-state index contributed by atoms with van der Waals surface area (Å²) in [6.07, 6.45) is 4.65. The normalized spacial score (nSPS) is 15.0. The van der Waals surface area contributed by atoms with Crippen LogP contribution in [0.1, 0.15) is 24.3 Å². The number of nitrogens with two attached hydrogens (primary N) is 1.